The molecule has 1 aromatic rings. The van der Waals surface area contributed by atoms with E-state index in [0.717, 1.165) is 32.1 Å². The van der Waals surface area contributed by atoms with Crippen molar-refractivity contribution in [1.29, 1.82) is 0 Å². The molecule has 0 heterocycles. The van der Waals surface area contributed by atoms with Gasteiger partial charge in [-0.1, -0.05) is 36.9 Å². The van der Waals surface area contributed by atoms with Crippen LogP contribution in [-0.2, 0) is 10.0 Å². The molecule has 0 spiro atoms. The lowest BCUT2D eigenvalue weighted by molar-refractivity contribution is 0.199. The van der Waals surface area contributed by atoms with Crippen LogP contribution in [0.1, 0.15) is 32.1 Å². The number of halogens is 2. The maximum atomic E-state index is 14.1. The Kier molecular flexibility index (Phi) is 5.60. The fraction of sp³-hybridized carbons (Fsp3) is 0.571. The van der Waals surface area contributed by atoms with E-state index < -0.39 is 20.7 Å². The summed E-state index contributed by atoms with van der Waals surface area (Å²) < 4.78 is 40.7. The number of aliphatic hydroxyl groups is 1. The Bertz CT molecular complexity index is 588. The third-order valence-corrected chi connectivity index (χ3v) is 6.07. The Morgan fingerprint density at radius 1 is 1.29 bits per heavy atom. The molecule has 0 unspecified atom stereocenters. The van der Waals surface area contributed by atoms with Crippen molar-refractivity contribution in [3.8, 4) is 0 Å². The SMILES string of the molecule is O=S(=O)(c1cccc(Cl)c1F)N(CCO)C1CCCCC1. The molecular weight excluding hydrogens is 317 g/mol. The topological polar surface area (TPSA) is 57.6 Å². The van der Waals surface area contributed by atoms with Gasteiger partial charge in [-0.15, -0.1) is 0 Å². The number of sulfonamides is 1. The van der Waals surface area contributed by atoms with E-state index in [0.29, 0.717) is 0 Å². The molecule has 1 N–H and O–H groups in total. The van der Waals surface area contributed by atoms with Crippen LogP contribution in [0.5, 0.6) is 0 Å². The Balaban J connectivity index is 2.39. The first-order valence-electron chi connectivity index (χ1n) is 7.05. The molecule has 21 heavy (non-hydrogen) atoms. The van der Waals surface area contributed by atoms with Crippen molar-refractivity contribution in [2.75, 3.05) is 13.2 Å². The highest BCUT2D eigenvalue weighted by Crippen LogP contribution is 2.30. The van der Waals surface area contributed by atoms with Crippen molar-refractivity contribution in [3.05, 3.63) is 29.0 Å². The van der Waals surface area contributed by atoms with Gasteiger partial charge in [-0.3, -0.25) is 0 Å². The molecule has 0 bridgehead atoms. The number of nitrogens with zero attached hydrogens (tertiary/aromatic N) is 1. The average molecular weight is 336 g/mol. The zero-order valence-corrected chi connectivity index (χ0v) is 13.2. The van der Waals surface area contributed by atoms with Gasteiger partial charge in [-0.2, -0.15) is 4.31 Å². The molecule has 4 nitrogen and oxygen atoms in total. The van der Waals surface area contributed by atoms with Crippen LogP contribution < -0.4 is 0 Å². The molecule has 0 aromatic heterocycles. The first-order chi connectivity index (χ1) is 9.98. The van der Waals surface area contributed by atoms with Gasteiger partial charge in [0.1, 0.15) is 4.90 Å². The largest absolute Gasteiger partial charge is 0.395 e. The molecule has 1 saturated carbocycles. The van der Waals surface area contributed by atoms with E-state index >= 15 is 0 Å². The van der Waals surface area contributed by atoms with Gasteiger partial charge < -0.3 is 5.11 Å². The minimum atomic E-state index is -4.00. The zero-order valence-electron chi connectivity index (χ0n) is 11.6. The minimum absolute atomic E-state index is 0.0288. The normalized spacial score (nSPS) is 17.3. The summed E-state index contributed by atoms with van der Waals surface area (Å²) in [7, 11) is -4.00. The van der Waals surface area contributed by atoms with Crippen molar-refractivity contribution in [1.82, 2.24) is 4.31 Å². The van der Waals surface area contributed by atoms with Gasteiger partial charge in [-0.25, -0.2) is 12.8 Å². The predicted molar refractivity (Wildman–Crippen MR) is 79.3 cm³/mol. The monoisotopic (exact) mass is 335 g/mol. The highest BCUT2D eigenvalue weighted by Gasteiger charge is 2.34. The zero-order chi connectivity index (χ0) is 15.5. The number of aliphatic hydroxyl groups excluding tert-OH is 1. The maximum Gasteiger partial charge on any atom is 0.246 e. The van der Waals surface area contributed by atoms with Gasteiger partial charge >= 0.3 is 0 Å². The summed E-state index contributed by atoms with van der Waals surface area (Å²) >= 11 is 5.68. The van der Waals surface area contributed by atoms with Gasteiger partial charge in [0.2, 0.25) is 10.0 Å². The molecule has 1 aliphatic carbocycles. The summed E-state index contributed by atoms with van der Waals surface area (Å²) in [6.07, 6.45) is 4.44. The van der Waals surface area contributed by atoms with Crippen molar-refractivity contribution in [2.24, 2.45) is 0 Å². The van der Waals surface area contributed by atoms with Crippen LogP contribution in [0.15, 0.2) is 23.1 Å². The van der Waals surface area contributed by atoms with Crippen LogP contribution in [0.3, 0.4) is 0 Å². The first-order valence-corrected chi connectivity index (χ1v) is 8.87. The Morgan fingerprint density at radius 3 is 2.57 bits per heavy atom. The van der Waals surface area contributed by atoms with E-state index in [2.05, 4.69) is 0 Å². The molecule has 7 heteroatoms. The van der Waals surface area contributed by atoms with Gasteiger partial charge in [0, 0.05) is 12.6 Å². The number of hydrogen-bond donors (Lipinski definition) is 1. The molecule has 2 rings (SSSR count). The van der Waals surface area contributed by atoms with E-state index in [1.807, 2.05) is 0 Å². The van der Waals surface area contributed by atoms with E-state index in [1.165, 1.54) is 22.5 Å². The third-order valence-electron chi connectivity index (χ3n) is 3.81. The molecule has 1 fully saturated rings. The van der Waals surface area contributed by atoms with Crippen molar-refractivity contribution in [2.45, 2.75) is 43.0 Å². The second kappa shape index (κ2) is 7.05. The highest BCUT2D eigenvalue weighted by molar-refractivity contribution is 7.89. The number of benzene rings is 1. The molecule has 0 radical (unpaired) electrons. The van der Waals surface area contributed by atoms with E-state index in [-0.39, 0.29) is 24.2 Å². The van der Waals surface area contributed by atoms with Crippen molar-refractivity contribution in [3.63, 3.8) is 0 Å². The molecule has 0 atom stereocenters. The van der Waals surface area contributed by atoms with Crippen LogP contribution in [-0.4, -0.2) is 37.0 Å². The van der Waals surface area contributed by atoms with Gasteiger partial charge in [0.05, 0.1) is 11.6 Å². The average Bonchev–Trinajstić information content (AvgIpc) is 2.48. The van der Waals surface area contributed by atoms with E-state index in [9.17, 15) is 17.9 Å². The third kappa shape index (κ3) is 3.56. The Hall–Kier alpha value is -0.690. The summed E-state index contributed by atoms with van der Waals surface area (Å²) in [6, 6.07) is 3.75. The predicted octanol–water partition coefficient (Wildman–Crippen LogP) is 2.79. The van der Waals surface area contributed by atoms with Crippen molar-refractivity contribution < 1.29 is 17.9 Å². The Labute approximate surface area is 129 Å². The number of rotatable bonds is 5. The smallest absolute Gasteiger partial charge is 0.246 e. The Morgan fingerprint density at radius 2 is 1.95 bits per heavy atom. The van der Waals surface area contributed by atoms with Crippen LogP contribution in [0.25, 0.3) is 0 Å². The van der Waals surface area contributed by atoms with E-state index in [1.54, 1.807) is 0 Å². The van der Waals surface area contributed by atoms with Crippen LogP contribution >= 0.6 is 11.6 Å². The lowest BCUT2D eigenvalue weighted by Crippen LogP contribution is -2.43. The van der Waals surface area contributed by atoms with E-state index in [4.69, 9.17) is 11.6 Å². The first kappa shape index (κ1) is 16.7. The lowest BCUT2D eigenvalue weighted by atomic mass is 9.95. The molecule has 0 amide bonds. The number of hydrogen-bond acceptors (Lipinski definition) is 3. The summed E-state index contributed by atoms with van der Waals surface area (Å²) in [5, 5.41) is 8.96. The van der Waals surface area contributed by atoms with Gasteiger partial charge in [0.25, 0.3) is 0 Å². The molecule has 0 saturated heterocycles. The summed E-state index contributed by atoms with van der Waals surface area (Å²) in [5.41, 5.74) is 0. The molecule has 1 aliphatic rings. The van der Waals surface area contributed by atoms with Crippen LogP contribution in [0.2, 0.25) is 5.02 Å². The molecule has 0 aliphatic heterocycles. The van der Waals surface area contributed by atoms with Gasteiger partial charge in [-0.05, 0) is 25.0 Å². The summed E-state index contributed by atoms with van der Waals surface area (Å²) in [5.74, 6) is -0.932. The highest BCUT2D eigenvalue weighted by atomic mass is 35.5. The second-order valence-corrected chi connectivity index (χ2v) is 7.45. The van der Waals surface area contributed by atoms with Crippen LogP contribution in [0.4, 0.5) is 4.39 Å². The van der Waals surface area contributed by atoms with Crippen LogP contribution in [0, 0.1) is 5.82 Å². The molecule has 118 valence electrons. The van der Waals surface area contributed by atoms with Crippen molar-refractivity contribution >= 4 is 21.6 Å². The summed E-state index contributed by atoms with van der Waals surface area (Å²) in [6.45, 7) is -0.323. The quantitative estimate of drug-likeness (QED) is 0.900. The lowest BCUT2D eigenvalue weighted by Gasteiger charge is -2.33. The standard InChI is InChI=1S/C14H19ClFNO3S/c15-12-7-4-8-13(14(12)16)21(19,20)17(9-10-18)11-5-2-1-3-6-11/h4,7-8,11,18H,1-3,5-6,9-10H2. The molecule has 1 aromatic carbocycles. The fourth-order valence-electron chi connectivity index (χ4n) is 2.78. The second-order valence-electron chi connectivity index (χ2n) is 5.18. The molecular formula is C14H19ClFNO3S. The summed E-state index contributed by atoms with van der Waals surface area (Å²) in [4.78, 5) is -0.422. The van der Waals surface area contributed by atoms with Gasteiger partial charge in [0.15, 0.2) is 5.82 Å². The maximum absolute atomic E-state index is 14.1. The minimum Gasteiger partial charge on any atom is -0.395 e. The fourth-order valence-corrected chi connectivity index (χ4v) is 4.77.